The molecule has 4 heteroatoms. The van der Waals surface area contributed by atoms with Gasteiger partial charge in [0.15, 0.2) is 0 Å². The van der Waals surface area contributed by atoms with Crippen LogP contribution in [0.5, 0.6) is 0 Å². The fourth-order valence-electron chi connectivity index (χ4n) is 4.53. The third kappa shape index (κ3) is 3.63. The van der Waals surface area contributed by atoms with Crippen molar-refractivity contribution in [2.45, 2.75) is 34.2 Å². The van der Waals surface area contributed by atoms with Crippen molar-refractivity contribution in [1.29, 1.82) is 0 Å². The van der Waals surface area contributed by atoms with Crippen LogP contribution in [0.1, 0.15) is 43.4 Å². The van der Waals surface area contributed by atoms with Gasteiger partial charge >= 0.3 is 154 Å². The molecule has 0 saturated heterocycles. The Labute approximate surface area is 177 Å². The molecule has 2 aromatic rings. The molecule has 2 aliphatic carbocycles. The Morgan fingerprint density at radius 3 is 1.46 bits per heavy atom. The van der Waals surface area contributed by atoms with Crippen LogP contribution in [0, 0.1) is 0 Å². The Bertz CT molecular complexity index is 854. The summed E-state index contributed by atoms with van der Waals surface area (Å²) >= 11 is -1.76. The molecule has 2 unspecified atom stereocenters. The van der Waals surface area contributed by atoms with Crippen LogP contribution in [-0.4, -0.2) is 5.43 Å². The maximum atomic E-state index is 2.59. The standard InChI is InChI=1S/2C10H9.C2H6Si.2ClH.Zr/c2*1-8-6-9-4-2-3-5-10(9)7-8;1-3-2;;;/h2*2-7H,1H3;1-2H3;2*1H;. The van der Waals surface area contributed by atoms with Gasteiger partial charge in [-0.05, 0) is 0 Å². The molecule has 0 spiro atoms. The second kappa shape index (κ2) is 8.74. The van der Waals surface area contributed by atoms with Gasteiger partial charge in [0.1, 0.15) is 0 Å². The van der Waals surface area contributed by atoms with Gasteiger partial charge in [-0.1, -0.05) is 0 Å². The van der Waals surface area contributed by atoms with E-state index in [1.807, 2.05) is 0 Å². The molecule has 0 bridgehead atoms. The predicted molar refractivity (Wildman–Crippen MR) is 118 cm³/mol. The first-order valence-electron chi connectivity index (χ1n) is 8.79. The molecule has 0 aliphatic heterocycles. The number of benzene rings is 2. The molecule has 0 heterocycles. The molecule has 2 aliphatic rings. The number of allylic oxidation sites excluding steroid dienone is 2. The Hall–Kier alpha value is -0.400. The van der Waals surface area contributed by atoms with Crippen LogP contribution in [0.2, 0.25) is 13.1 Å². The van der Waals surface area contributed by atoms with Gasteiger partial charge in [0, 0.05) is 0 Å². The molecular weight excluding hydrogens is 454 g/mol. The van der Waals surface area contributed by atoms with E-state index < -0.39 is 20.4 Å². The van der Waals surface area contributed by atoms with Crippen molar-refractivity contribution in [1.82, 2.24) is 0 Å². The summed E-state index contributed by atoms with van der Waals surface area (Å²) in [4.78, 5) is 0. The molecule has 0 fully saturated rings. The molecule has 4 rings (SSSR count). The molecule has 0 N–H and O–H groups in total. The molecule has 0 saturated carbocycles. The Balaban J connectivity index is 0.00000121. The first-order valence-corrected chi connectivity index (χ1v) is 17.8. The fraction of sp³-hybridized carbons (Fsp3) is 0.273. The molecule has 0 aromatic heterocycles. The van der Waals surface area contributed by atoms with Crippen molar-refractivity contribution in [3.05, 3.63) is 81.9 Å². The molecule has 2 atom stereocenters. The van der Waals surface area contributed by atoms with Crippen LogP contribution >= 0.6 is 24.8 Å². The maximum absolute atomic E-state index is 2.59. The molecule has 136 valence electrons. The van der Waals surface area contributed by atoms with Crippen molar-refractivity contribution >= 4 is 42.4 Å². The van der Waals surface area contributed by atoms with Crippen LogP contribution in [0.3, 0.4) is 0 Å². The second-order valence-corrected chi connectivity index (χ2v) is 25.2. The molecular formula is C22H26Cl2SiZr. The predicted octanol–water partition coefficient (Wildman–Crippen LogP) is 7.02. The number of fused-ring (bicyclic) bond motifs is 2. The van der Waals surface area contributed by atoms with Gasteiger partial charge in [-0.3, -0.25) is 0 Å². The van der Waals surface area contributed by atoms with Crippen molar-refractivity contribution in [2.24, 2.45) is 0 Å². The summed E-state index contributed by atoms with van der Waals surface area (Å²) in [6.45, 7) is 9.94. The van der Waals surface area contributed by atoms with E-state index in [0.29, 0.717) is 0 Å². The Morgan fingerprint density at radius 2 is 1.08 bits per heavy atom. The average molecular weight is 481 g/mol. The van der Waals surface area contributed by atoms with E-state index in [1.54, 1.807) is 22.3 Å². The minimum atomic E-state index is -1.76. The van der Waals surface area contributed by atoms with Crippen molar-refractivity contribution in [3.63, 3.8) is 0 Å². The smallest absolute Gasteiger partial charge is 0.147 e. The summed E-state index contributed by atoms with van der Waals surface area (Å²) in [6.07, 6.45) is 4.93. The van der Waals surface area contributed by atoms with E-state index in [2.05, 4.69) is 87.6 Å². The molecule has 2 aromatic carbocycles. The summed E-state index contributed by atoms with van der Waals surface area (Å²) in [5.41, 5.74) is 9.22. The van der Waals surface area contributed by atoms with Gasteiger partial charge < -0.3 is 0 Å². The summed E-state index contributed by atoms with van der Waals surface area (Å²) in [5.74, 6) is 0. The van der Waals surface area contributed by atoms with Gasteiger partial charge in [0.25, 0.3) is 0 Å². The zero-order valence-corrected chi connectivity index (χ0v) is 20.8. The quantitative estimate of drug-likeness (QED) is 0.405. The summed E-state index contributed by atoms with van der Waals surface area (Å²) < 4.78 is 1.54. The second-order valence-electron chi connectivity index (χ2n) is 7.36. The number of halogens is 2. The zero-order chi connectivity index (χ0) is 16.8. The van der Waals surface area contributed by atoms with E-state index in [4.69, 9.17) is 0 Å². The van der Waals surface area contributed by atoms with E-state index >= 15 is 0 Å². The van der Waals surface area contributed by atoms with Crippen molar-refractivity contribution in [2.75, 3.05) is 0 Å². The van der Waals surface area contributed by atoms with E-state index in [0.717, 1.165) is 7.25 Å². The minimum Gasteiger partial charge on any atom is -0.147 e. The largest absolute Gasteiger partial charge is 0.147 e. The topological polar surface area (TPSA) is 0 Å². The van der Waals surface area contributed by atoms with Gasteiger partial charge in [-0.25, -0.2) is 0 Å². The Morgan fingerprint density at radius 1 is 0.692 bits per heavy atom. The average Bonchev–Trinajstić information content (AvgIpc) is 3.05. The SMILES string of the molecule is CC1=Cc2ccccc2[CH]1[Zr]([CH]1C(C)=Cc2ccccc21)=[Si](C)C.Cl.Cl. The minimum absolute atomic E-state index is 0. The van der Waals surface area contributed by atoms with Crippen molar-refractivity contribution < 1.29 is 20.4 Å². The number of rotatable bonds is 2. The fourth-order valence-corrected chi connectivity index (χ4v) is 25.3. The molecule has 0 nitrogen and oxygen atoms in total. The zero-order valence-electron chi connectivity index (χ0n) is 15.7. The third-order valence-electron chi connectivity index (χ3n) is 5.49. The van der Waals surface area contributed by atoms with Gasteiger partial charge in [0.05, 0.1) is 0 Å². The third-order valence-corrected chi connectivity index (χ3v) is 25.4. The summed E-state index contributed by atoms with van der Waals surface area (Å²) in [7, 11) is 0. The van der Waals surface area contributed by atoms with E-state index in [1.165, 1.54) is 11.1 Å². The summed E-state index contributed by atoms with van der Waals surface area (Å²) in [5, 5.41) is 0. The van der Waals surface area contributed by atoms with Crippen LogP contribution in [0.4, 0.5) is 0 Å². The first-order chi connectivity index (χ1) is 11.6. The maximum Gasteiger partial charge on any atom is -0.147 e. The molecule has 0 amide bonds. The summed E-state index contributed by atoms with van der Waals surface area (Å²) in [6, 6.07) is 18.3. The molecule has 0 radical (unpaired) electrons. The van der Waals surface area contributed by atoms with Crippen molar-refractivity contribution in [3.8, 4) is 0 Å². The van der Waals surface area contributed by atoms with Gasteiger partial charge in [-0.15, -0.1) is 24.8 Å². The van der Waals surface area contributed by atoms with Crippen LogP contribution in [-0.2, 0) is 20.4 Å². The van der Waals surface area contributed by atoms with E-state index in [9.17, 15) is 0 Å². The monoisotopic (exact) mass is 478 g/mol. The number of hydrogen-bond acceptors (Lipinski definition) is 0. The Kier molecular flexibility index (Phi) is 7.36. The van der Waals surface area contributed by atoms with Crippen LogP contribution < -0.4 is 0 Å². The van der Waals surface area contributed by atoms with Gasteiger partial charge in [0.2, 0.25) is 0 Å². The van der Waals surface area contributed by atoms with Crippen LogP contribution in [0.25, 0.3) is 12.2 Å². The normalized spacial score (nSPS) is 19.4. The van der Waals surface area contributed by atoms with Gasteiger partial charge in [-0.2, -0.15) is 0 Å². The van der Waals surface area contributed by atoms with E-state index in [-0.39, 0.29) is 30.2 Å². The number of hydrogen-bond donors (Lipinski definition) is 0. The first kappa shape index (κ1) is 21.9. The van der Waals surface area contributed by atoms with Crippen LogP contribution in [0.15, 0.2) is 59.7 Å². The molecule has 26 heavy (non-hydrogen) atoms.